The molecule has 0 aromatic carbocycles. The molecular formula is C12H20N2S. The largest absolute Gasteiger partial charge is 0.329 e. The monoisotopic (exact) mass is 224 g/mol. The molecule has 0 saturated carbocycles. The number of thioether (sulfide) groups is 1. The van der Waals surface area contributed by atoms with E-state index < -0.39 is 0 Å². The summed E-state index contributed by atoms with van der Waals surface area (Å²) in [4.78, 5) is 4.02. The molecule has 0 amide bonds. The predicted molar refractivity (Wildman–Crippen MR) is 67.9 cm³/mol. The fourth-order valence-corrected chi connectivity index (χ4v) is 2.70. The van der Waals surface area contributed by atoms with Gasteiger partial charge >= 0.3 is 0 Å². The Bertz CT molecular complexity index is 262. The summed E-state index contributed by atoms with van der Waals surface area (Å²) in [5.41, 5.74) is 7.07. The van der Waals surface area contributed by atoms with Gasteiger partial charge in [0.2, 0.25) is 0 Å². The van der Waals surface area contributed by atoms with E-state index >= 15 is 0 Å². The van der Waals surface area contributed by atoms with Crippen molar-refractivity contribution in [1.82, 2.24) is 4.98 Å². The second-order valence-electron chi connectivity index (χ2n) is 4.06. The first kappa shape index (κ1) is 12.5. The summed E-state index contributed by atoms with van der Waals surface area (Å²) in [6.45, 7) is 5.21. The van der Waals surface area contributed by atoms with Gasteiger partial charge in [-0.25, -0.2) is 0 Å². The van der Waals surface area contributed by atoms with Gasteiger partial charge in [-0.05, 0) is 35.8 Å². The molecule has 1 rings (SSSR count). The average molecular weight is 224 g/mol. The lowest BCUT2D eigenvalue weighted by Gasteiger charge is -2.15. The molecule has 1 heterocycles. The van der Waals surface area contributed by atoms with Gasteiger partial charge < -0.3 is 5.73 Å². The van der Waals surface area contributed by atoms with Crippen LogP contribution >= 0.6 is 11.8 Å². The van der Waals surface area contributed by atoms with Crippen molar-refractivity contribution in [3.63, 3.8) is 0 Å². The Morgan fingerprint density at radius 3 is 2.53 bits per heavy atom. The van der Waals surface area contributed by atoms with Crippen molar-refractivity contribution >= 4 is 11.8 Å². The molecule has 1 unspecified atom stereocenters. The van der Waals surface area contributed by atoms with E-state index in [4.69, 9.17) is 5.73 Å². The Morgan fingerprint density at radius 2 is 2.00 bits per heavy atom. The third kappa shape index (κ3) is 4.67. The molecule has 15 heavy (non-hydrogen) atoms. The van der Waals surface area contributed by atoms with Crippen LogP contribution in [0.5, 0.6) is 0 Å². The maximum Gasteiger partial charge on any atom is 0.0420 e. The van der Waals surface area contributed by atoms with E-state index in [0.29, 0.717) is 11.8 Å². The molecule has 0 fully saturated rings. The summed E-state index contributed by atoms with van der Waals surface area (Å²) in [6, 6.07) is 4.11. The standard InChI is InChI=1S/C12H20N2S/c1-10(2)5-8-15-12(9-13)11-3-6-14-7-4-11/h3-4,6-7,10,12H,5,8-9,13H2,1-2H3. The second kappa shape index (κ2) is 6.85. The van der Waals surface area contributed by atoms with Crippen molar-refractivity contribution in [2.24, 2.45) is 11.7 Å². The number of hydrogen-bond donors (Lipinski definition) is 1. The maximum atomic E-state index is 5.78. The van der Waals surface area contributed by atoms with Crippen LogP contribution in [0.4, 0.5) is 0 Å². The van der Waals surface area contributed by atoms with Crippen molar-refractivity contribution in [1.29, 1.82) is 0 Å². The molecule has 3 heteroatoms. The van der Waals surface area contributed by atoms with Crippen LogP contribution in [0.25, 0.3) is 0 Å². The van der Waals surface area contributed by atoms with Crippen LogP contribution < -0.4 is 5.73 Å². The Kier molecular flexibility index (Phi) is 5.73. The third-order valence-electron chi connectivity index (χ3n) is 2.31. The SMILES string of the molecule is CC(C)CCSC(CN)c1ccncc1. The number of hydrogen-bond acceptors (Lipinski definition) is 3. The second-order valence-corrected chi connectivity index (χ2v) is 5.37. The lowest BCUT2D eigenvalue weighted by atomic mass is 10.2. The average Bonchev–Trinajstić information content (AvgIpc) is 2.25. The topological polar surface area (TPSA) is 38.9 Å². The van der Waals surface area contributed by atoms with E-state index in [1.54, 1.807) is 0 Å². The fraction of sp³-hybridized carbons (Fsp3) is 0.583. The summed E-state index contributed by atoms with van der Waals surface area (Å²) < 4.78 is 0. The number of nitrogens with zero attached hydrogens (tertiary/aromatic N) is 1. The number of aromatic nitrogens is 1. The molecule has 2 N–H and O–H groups in total. The van der Waals surface area contributed by atoms with Gasteiger partial charge in [0.25, 0.3) is 0 Å². The minimum absolute atomic E-state index is 0.423. The van der Waals surface area contributed by atoms with E-state index in [1.807, 2.05) is 24.2 Å². The summed E-state index contributed by atoms with van der Waals surface area (Å²) >= 11 is 1.95. The molecule has 0 radical (unpaired) electrons. The molecule has 1 aromatic heterocycles. The van der Waals surface area contributed by atoms with E-state index in [9.17, 15) is 0 Å². The van der Waals surface area contributed by atoms with Crippen LogP contribution in [0.3, 0.4) is 0 Å². The molecule has 0 aliphatic carbocycles. The van der Waals surface area contributed by atoms with Gasteiger partial charge in [-0.1, -0.05) is 13.8 Å². The van der Waals surface area contributed by atoms with Gasteiger partial charge in [0, 0.05) is 24.2 Å². The predicted octanol–water partition coefficient (Wildman–Crippen LogP) is 2.86. The number of pyridine rings is 1. The number of nitrogens with two attached hydrogens (primary N) is 1. The van der Waals surface area contributed by atoms with Gasteiger partial charge in [0.15, 0.2) is 0 Å². The highest BCUT2D eigenvalue weighted by atomic mass is 32.2. The molecule has 2 nitrogen and oxygen atoms in total. The minimum Gasteiger partial charge on any atom is -0.329 e. The molecule has 0 saturated heterocycles. The van der Waals surface area contributed by atoms with Crippen molar-refractivity contribution in [3.05, 3.63) is 30.1 Å². The van der Waals surface area contributed by atoms with Crippen LogP contribution in [0.1, 0.15) is 31.1 Å². The van der Waals surface area contributed by atoms with Crippen LogP contribution in [0, 0.1) is 5.92 Å². The highest BCUT2D eigenvalue weighted by molar-refractivity contribution is 7.99. The first-order valence-electron chi connectivity index (χ1n) is 5.45. The molecule has 1 atom stereocenters. The van der Waals surface area contributed by atoms with Gasteiger partial charge in [0.1, 0.15) is 0 Å². The molecule has 0 spiro atoms. The fourth-order valence-electron chi connectivity index (χ4n) is 1.32. The van der Waals surface area contributed by atoms with Crippen molar-refractivity contribution in [2.75, 3.05) is 12.3 Å². The highest BCUT2D eigenvalue weighted by Gasteiger charge is 2.09. The Hall–Kier alpha value is -0.540. The highest BCUT2D eigenvalue weighted by Crippen LogP contribution is 2.28. The van der Waals surface area contributed by atoms with Crippen LogP contribution in [0.2, 0.25) is 0 Å². The molecule has 0 aliphatic heterocycles. The van der Waals surface area contributed by atoms with Gasteiger partial charge in [-0.3, -0.25) is 4.98 Å². The van der Waals surface area contributed by atoms with Crippen molar-refractivity contribution < 1.29 is 0 Å². The van der Waals surface area contributed by atoms with Gasteiger partial charge in [0.05, 0.1) is 0 Å². The molecular weight excluding hydrogens is 204 g/mol. The quantitative estimate of drug-likeness (QED) is 0.807. The zero-order chi connectivity index (χ0) is 11.1. The Balaban J connectivity index is 2.43. The summed E-state index contributed by atoms with van der Waals surface area (Å²) in [5, 5.41) is 0.423. The lowest BCUT2D eigenvalue weighted by Crippen LogP contribution is -2.10. The zero-order valence-electron chi connectivity index (χ0n) is 9.52. The van der Waals surface area contributed by atoms with Crippen LogP contribution in [-0.4, -0.2) is 17.3 Å². The lowest BCUT2D eigenvalue weighted by molar-refractivity contribution is 0.631. The van der Waals surface area contributed by atoms with Crippen LogP contribution in [-0.2, 0) is 0 Å². The summed E-state index contributed by atoms with van der Waals surface area (Å²) in [6.07, 6.45) is 4.92. The molecule has 84 valence electrons. The molecule has 0 aliphatic rings. The van der Waals surface area contributed by atoms with Gasteiger partial charge in [-0.15, -0.1) is 0 Å². The van der Waals surface area contributed by atoms with Crippen molar-refractivity contribution in [2.45, 2.75) is 25.5 Å². The van der Waals surface area contributed by atoms with E-state index in [1.165, 1.54) is 17.7 Å². The Labute approximate surface area is 96.7 Å². The normalized spacial score (nSPS) is 13.1. The summed E-state index contributed by atoms with van der Waals surface area (Å²) in [5.74, 6) is 1.95. The smallest absolute Gasteiger partial charge is 0.0420 e. The minimum atomic E-state index is 0.423. The first-order chi connectivity index (χ1) is 7.24. The molecule has 1 aromatic rings. The zero-order valence-corrected chi connectivity index (χ0v) is 10.3. The van der Waals surface area contributed by atoms with Crippen LogP contribution in [0.15, 0.2) is 24.5 Å². The van der Waals surface area contributed by atoms with Crippen molar-refractivity contribution in [3.8, 4) is 0 Å². The Morgan fingerprint density at radius 1 is 1.33 bits per heavy atom. The first-order valence-corrected chi connectivity index (χ1v) is 6.50. The van der Waals surface area contributed by atoms with E-state index in [0.717, 1.165) is 5.92 Å². The van der Waals surface area contributed by atoms with E-state index in [-0.39, 0.29) is 0 Å². The number of rotatable bonds is 6. The third-order valence-corrected chi connectivity index (χ3v) is 3.64. The van der Waals surface area contributed by atoms with E-state index in [2.05, 4.69) is 31.0 Å². The summed E-state index contributed by atoms with van der Waals surface area (Å²) in [7, 11) is 0. The maximum absolute atomic E-state index is 5.78. The molecule has 0 bridgehead atoms. The van der Waals surface area contributed by atoms with Gasteiger partial charge in [-0.2, -0.15) is 11.8 Å².